The molecule has 0 spiro atoms. The lowest BCUT2D eigenvalue weighted by Gasteiger charge is -2.24. The number of pyridine rings is 2. The molecule has 1 saturated heterocycles. The van der Waals surface area contributed by atoms with Crippen LogP contribution in [0.2, 0.25) is 0 Å². The van der Waals surface area contributed by atoms with E-state index in [-0.39, 0.29) is 48.1 Å². The van der Waals surface area contributed by atoms with E-state index in [0.717, 1.165) is 29.0 Å². The number of benzene rings is 1. The summed E-state index contributed by atoms with van der Waals surface area (Å²) < 4.78 is 49.9. The largest absolute Gasteiger partial charge is 0.477 e. The van der Waals surface area contributed by atoms with Crippen LogP contribution in [-0.2, 0) is 14.3 Å². The number of piperidine rings is 1. The molecule has 1 unspecified atom stereocenters. The number of aromatic carboxylic acids is 1. The van der Waals surface area contributed by atoms with Crippen LogP contribution in [0.4, 0.5) is 23.8 Å². The summed E-state index contributed by atoms with van der Waals surface area (Å²) in [5.41, 5.74) is -3.05. The van der Waals surface area contributed by atoms with Crippen LogP contribution < -0.4 is 26.3 Å². The minimum absolute atomic E-state index is 0.0855. The van der Waals surface area contributed by atoms with Gasteiger partial charge in [-0.15, -0.1) is 0 Å². The highest BCUT2D eigenvalue weighted by Crippen LogP contribution is 2.47. The molecule has 0 radical (unpaired) electrons. The first kappa shape index (κ1) is 33.2. The lowest BCUT2D eigenvalue weighted by Crippen LogP contribution is -2.53. The van der Waals surface area contributed by atoms with Crippen LogP contribution in [0.3, 0.4) is 0 Å². The van der Waals surface area contributed by atoms with Gasteiger partial charge >= 0.3 is 12.1 Å². The van der Waals surface area contributed by atoms with Crippen molar-refractivity contribution in [1.29, 1.82) is 0 Å². The van der Waals surface area contributed by atoms with Crippen molar-refractivity contribution in [3.05, 3.63) is 63.7 Å². The standard InChI is InChI=1S/C31H33F3N6O7/c1-13(35-27(42)14(2)36-30(46)47-31(3,4)5)28(43)37-23-17-10-39(11-18(17)23)26-21(34)9-16-24(41)19(29(44)45)12-40(25(16)38-26)22-7-6-15(32)8-20(22)33/h6-9,12-14,17-18,23H,10-11H2,1-5H3,(H,35,42)(H,36,46)(H,37,43)(H,44,45)/t13-,14-,17-,18+,23?/m0/s1. The number of carbonyl (C=O) groups is 4. The molecule has 4 N–H and O–H groups in total. The van der Waals surface area contributed by atoms with Crippen molar-refractivity contribution in [3.8, 4) is 5.69 Å². The first-order valence-electron chi connectivity index (χ1n) is 14.7. The molecular formula is C31H33F3N6O7. The van der Waals surface area contributed by atoms with Gasteiger partial charge in [0.05, 0.1) is 11.1 Å². The van der Waals surface area contributed by atoms with Gasteiger partial charge in [0.1, 0.15) is 34.9 Å². The summed E-state index contributed by atoms with van der Waals surface area (Å²) in [4.78, 5) is 67.8. The number of hydrogen-bond acceptors (Lipinski definition) is 8. The Bertz CT molecular complexity index is 1850. The number of alkyl carbamates (subject to hydrolysis) is 1. The van der Waals surface area contributed by atoms with Crippen LogP contribution in [-0.4, -0.2) is 75.4 Å². The first-order chi connectivity index (χ1) is 21.9. The Hall–Kier alpha value is -5.15. The average Bonchev–Trinajstić information content (AvgIpc) is 3.38. The van der Waals surface area contributed by atoms with Crippen molar-refractivity contribution in [2.24, 2.45) is 11.8 Å². The van der Waals surface area contributed by atoms with Gasteiger partial charge in [-0.2, -0.15) is 0 Å². The SMILES string of the molecule is C[C@H](NC(=O)OC(C)(C)C)C(=O)N[C@@H](C)C(=O)NC1[C@H]2CN(c3nc4c(cc3F)c(=O)c(C(=O)O)cn4-c3ccc(F)cc3F)C[C@@H]12. The molecule has 3 heterocycles. The van der Waals surface area contributed by atoms with Gasteiger partial charge in [-0.1, -0.05) is 0 Å². The molecule has 3 amide bonds. The molecule has 1 aliphatic carbocycles. The number of ether oxygens (including phenoxy) is 1. The lowest BCUT2D eigenvalue weighted by atomic mass is 10.1. The quantitative estimate of drug-likeness (QED) is 0.284. The van der Waals surface area contributed by atoms with Gasteiger partial charge in [0.25, 0.3) is 0 Å². The van der Waals surface area contributed by atoms with E-state index in [4.69, 9.17) is 4.74 Å². The molecule has 13 nitrogen and oxygen atoms in total. The van der Waals surface area contributed by atoms with Gasteiger partial charge in [0.15, 0.2) is 17.3 Å². The number of rotatable bonds is 8. The summed E-state index contributed by atoms with van der Waals surface area (Å²) in [5, 5.41) is 16.9. The second-order valence-corrected chi connectivity index (χ2v) is 12.7. The minimum Gasteiger partial charge on any atom is -0.477 e. The number of nitrogens with one attached hydrogen (secondary N) is 3. The van der Waals surface area contributed by atoms with E-state index in [1.54, 1.807) is 25.7 Å². The second kappa shape index (κ2) is 12.2. The molecule has 1 aliphatic heterocycles. The number of nitrogens with zero attached hydrogens (tertiary/aromatic N) is 3. The molecule has 2 aromatic heterocycles. The van der Waals surface area contributed by atoms with E-state index in [1.165, 1.54) is 13.8 Å². The third-order valence-corrected chi connectivity index (χ3v) is 7.99. The highest BCUT2D eigenvalue weighted by atomic mass is 19.1. The Kier molecular flexibility index (Phi) is 8.64. The van der Waals surface area contributed by atoms with Gasteiger partial charge in [-0.05, 0) is 52.8 Å². The second-order valence-electron chi connectivity index (χ2n) is 12.7. The van der Waals surface area contributed by atoms with Gasteiger partial charge in [0, 0.05) is 43.2 Å². The predicted molar refractivity (Wildman–Crippen MR) is 162 cm³/mol. The molecule has 2 fully saturated rings. The Labute approximate surface area is 266 Å². The molecule has 0 bridgehead atoms. The topological polar surface area (TPSA) is 172 Å². The monoisotopic (exact) mass is 658 g/mol. The smallest absolute Gasteiger partial charge is 0.408 e. The van der Waals surface area contributed by atoms with Crippen molar-refractivity contribution in [3.63, 3.8) is 0 Å². The van der Waals surface area contributed by atoms with Crippen molar-refractivity contribution in [2.75, 3.05) is 18.0 Å². The maximum absolute atomic E-state index is 15.4. The molecule has 5 atom stereocenters. The number of carboxylic acid groups (broad SMARTS) is 1. The number of aromatic nitrogens is 2. The Morgan fingerprint density at radius 1 is 0.979 bits per heavy atom. The first-order valence-corrected chi connectivity index (χ1v) is 14.7. The summed E-state index contributed by atoms with van der Waals surface area (Å²) in [6.07, 6.45) is 0.0835. The molecule has 5 rings (SSSR count). The van der Waals surface area contributed by atoms with Crippen molar-refractivity contribution < 1.29 is 42.2 Å². The highest BCUT2D eigenvalue weighted by Gasteiger charge is 2.57. The zero-order valence-corrected chi connectivity index (χ0v) is 26.1. The lowest BCUT2D eigenvalue weighted by molar-refractivity contribution is -0.129. The molecule has 16 heteroatoms. The number of hydrogen-bond donors (Lipinski definition) is 4. The van der Waals surface area contributed by atoms with Gasteiger partial charge < -0.3 is 30.7 Å². The fourth-order valence-corrected chi connectivity index (χ4v) is 5.61. The van der Waals surface area contributed by atoms with Gasteiger partial charge in [-0.25, -0.2) is 27.7 Å². The van der Waals surface area contributed by atoms with Crippen molar-refractivity contribution in [2.45, 2.75) is 58.3 Å². The third kappa shape index (κ3) is 6.85. The summed E-state index contributed by atoms with van der Waals surface area (Å²) >= 11 is 0. The third-order valence-electron chi connectivity index (χ3n) is 7.99. The van der Waals surface area contributed by atoms with Crippen LogP contribution in [0.15, 0.2) is 35.3 Å². The Morgan fingerprint density at radius 3 is 2.21 bits per heavy atom. The molecule has 1 aromatic carbocycles. The molecule has 3 aromatic rings. The van der Waals surface area contributed by atoms with Gasteiger partial charge in [0.2, 0.25) is 17.2 Å². The van der Waals surface area contributed by atoms with E-state index in [1.807, 2.05) is 0 Å². The zero-order chi connectivity index (χ0) is 34.5. The van der Waals surface area contributed by atoms with E-state index >= 15 is 4.39 Å². The number of anilines is 1. The number of carbonyl (C=O) groups excluding carboxylic acids is 3. The fraction of sp³-hybridized carbons (Fsp3) is 0.419. The number of halogens is 3. The van der Waals surface area contributed by atoms with E-state index < -0.39 is 75.4 Å². The molecule has 1 saturated carbocycles. The van der Waals surface area contributed by atoms with Crippen LogP contribution in [0.25, 0.3) is 16.7 Å². The fourth-order valence-electron chi connectivity index (χ4n) is 5.61. The van der Waals surface area contributed by atoms with Crippen LogP contribution in [0, 0.1) is 29.3 Å². The molecule has 2 aliphatic rings. The van der Waals surface area contributed by atoms with Gasteiger partial charge in [-0.3, -0.25) is 19.0 Å². The molecule has 250 valence electrons. The van der Waals surface area contributed by atoms with Crippen LogP contribution >= 0.6 is 0 Å². The Morgan fingerprint density at radius 2 is 1.62 bits per heavy atom. The van der Waals surface area contributed by atoms with Crippen molar-refractivity contribution >= 4 is 40.7 Å². The number of amides is 3. The molecular weight excluding hydrogens is 625 g/mol. The summed E-state index contributed by atoms with van der Waals surface area (Å²) in [6.45, 7) is 8.52. The molecule has 47 heavy (non-hydrogen) atoms. The summed E-state index contributed by atoms with van der Waals surface area (Å²) in [6, 6.07) is 1.26. The minimum atomic E-state index is -1.62. The zero-order valence-electron chi connectivity index (χ0n) is 26.1. The average molecular weight is 659 g/mol. The van der Waals surface area contributed by atoms with E-state index in [0.29, 0.717) is 6.07 Å². The summed E-state index contributed by atoms with van der Waals surface area (Å²) in [5.74, 6) is -5.84. The predicted octanol–water partition coefficient (Wildman–Crippen LogP) is 2.47. The number of fused-ring (bicyclic) bond motifs is 2. The maximum atomic E-state index is 15.4. The van der Waals surface area contributed by atoms with E-state index in [9.17, 15) is 37.9 Å². The Balaban J connectivity index is 1.27. The maximum Gasteiger partial charge on any atom is 0.408 e. The highest BCUT2D eigenvalue weighted by molar-refractivity contribution is 5.93. The van der Waals surface area contributed by atoms with E-state index in [2.05, 4.69) is 20.9 Å². The summed E-state index contributed by atoms with van der Waals surface area (Å²) in [7, 11) is 0. The normalized spacial score (nSPS) is 19.8. The van der Waals surface area contributed by atoms with Crippen molar-refractivity contribution in [1.82, 2.24) is 25.5 Å². The van der Waals surface area contributed by atoms with Crippen LogP contribution in [0.5, 0.6) is 0 Å². The number of carboxylic acids is 1. The van der Waals surface area contributed by atoms with Crippen LogP contribution in [0.1, 0.15) is 45.0 Å².